The molecular weight excluding hydrogens is 548 g/mol. The molecule has 0 radical (unpaired) electrons. The molecule has 0 spiro atoms. The van der Waals surface area contributed by atoms with Gasteiger partial charge in [-0.25, -0.2) is 0 Å². The number of hydrogen-bond donors (Lipinski definition) is 1. The topological polar surface area (TPSA) is 50.2 Å². The average Bonchev–Trinajstić information content (AvgIpc) is 3.12. The van der Waals surface area contributed by atoms with E-state index in [-0.39, 0.29) is 6.04 Å². The third kappa shape index (κ3) is 5.25. The number of hydrogen-bond acceptors (Lipinski definition) is 4. The van der Waals surface area contributed by atoms with Crippen LogP contribution in [0.1, 0.15) is 35.7 Å². The highest BCUT2D eigenvalue weighted by Crippen LogP contribution is 2.35. The fourth-order valence-corrected chi connectivity index (χ4v) is 6.37. The number of aryl methyl sites for hydroxylation is 1. The number of rotatable bonds is 5. The van der Waals surface area contributed by atoms with E-state index in [1.165, 1.54) is 16.7 Å². The van der Waals surface area contributed by atoms with E-state index in [4.69, 9.17) is 9.98 Å². The Hall–Kier alpha value is -5.61. The van der Waals surface area contributed by atoms with Gasteiger partial charge in [0.25, 0.3) is 0 Å². The average molecular weight is 581 g/mol. The van der Waals surface area contributed by atoms with E-state index in [0.717, 1.165) is 74.1 Å². The summed E-state index contributed by atoms with van der Waals surface area (Å²) in [7, 11) is 0. The van der Waals surface area contributed by atoms with E-state index < -0.39 is 0 Å². The molecule has 2 aliphatic rings. The quantitative estimate of drug-likeness (QED) is 0.207. The molecule has 45 heavy (non-hydrogen) atoms. The van der Waals surface area contributed by atoms with Crippen LogP contribution in [0, 0.1) is 6.92 Å². The third-order valence-corrected chi connectivity index (χ3v) is 8.64. The first kappa shape index (κ1) is 27.0. The van der Waals surface area contributed by atoms with Gasteiger partial charge in [0.1, 0.15) is 5.84 Å². The largest absolute Gasteiger partial charge is 0.340 e. The standard InChI is InChI=1S/C41H32N4/c1-27-24-36(35-22-21-31-16-9-23-42-39(31)40(35)43-27)33-14-8-15-34(25-33)38-26-37(30-12-6-3-7-13-30)44-41(45-38)32-19-17-29(18-20-32)28-10-4-2-5-11-28/h2,4-6,8-26,38H,3,7H2,1H3,(H,44,45). The zero-order valence-corrected chi connectivity index (χ0v) is 25.1. The zero-order chi connectivity index (χ0) is 30.2. The van der Waals surface area contributed by atoms with Gasteiger partial charge in [-0.3, -0.25) is 15.0 Å². The molecule has 1 N–H and O–H groups in total. The number of nitrogens with one attached hydrogen (secondary N) is 1. The van der Waals surface area contributed by atoms with Crippen LogP contribution in [0.5, 0.6) is 0 Å². The van der Waals surface area contributed by atoms with E-state index in [0.29, 0.717) is 0 Å². The Morgan fingerprint density at radius 2 is 1.53 bits per heavy atom. The van der Waals surface area contributed by atoms with Crippen molar-refractivity contribution in [2.75, 3.05) is 0 Å². The molecule has 0 saturated carbocycles. The molecular formula is C41H32N4. The van der Waals surface area contributed by atoms with E-state index in [1.807, 2.05) is 18.3 Å². The van der Waals surface area contributed by atoms with E-state index >= 15 is 0 Å². The van der Waals surface area contributed by atoms with Crippen molar-refractivity contribution in [2.45, 2.75) is 25.8 Å². The van der Waals surface area contributed by atoms with Crippen LogP contribution in [-0.4, -0.2) is 15.8 Å². The van der Waals surface area contributed by atoms with Gasteiger partial charge in [0.15, 0.2) is 0 Å². The monoisotopic (exact) mass is 580 g/mol. The van der Waals surface area contributed by atoms with Crippen LogP contribution in [0.2, 0.25) is 0 Å². The lowest BCUT2D eigenvalue weighted by molar-refractivity contribution is 0.848. The highest BCUT2D eigenvalue weighted by Gasteiger charge is 2.21. The van der Waals surface area contributed by atoms with E-state index in [1.54, 1.807) is 0 Å². The summed E-state index contributed by atoms with van der Waals surface area (Å²) in [5, 5.41) is 5.87. The molecule has 1 aliphatic carbocycles. The van der Waals surface area contributed by atoms with Gasteiger partial charge in [0.05, 0.1) is 17.1 Å². The third-order valence-electron chi connectivity index (χ3n) is 8.64. The normalized spacial score (nSPS) is 16.2. The van der Waals surface area contributed by atoms with Gasteiger partial charge in [-0.2, -0.15) is 0 Å². The summed E-state index contributed by atoms with van der Waals surface area (Å²) < 4.78 is 0. The highest BCUT2D eigenvalue weighted by molar-refractivity contribution is 6.08. The number of allylic oxidation sites excluding steroid dienone is 3. The second-order valence-corrected chi connectivity index (χ2v) is 11.7. The minimum absolute atomic E-state index is 0.141. The van der Waals surface area contributed by atoms with Crippen LogP contribution >= 0.6 is 0 Å². The maximum absolute atomic E-state index is 5.28. The second kappa shape index (κ2) is 11.5. The fraction of sp³-hybridized carbons (Fsp3) is 0.0976. The zero-order valence-electron chi connectivity index (χ0n) is 25.1. The Bertz CT molecular complexity index is 2190. The van der Waals surface area contributed by atoms with Gasteiger partial charge >= 0.3 is 0 Å². The molecule has 0 saturated heterocycles. The molecule has 1 atom stereocenters. The Kier molecular flexibility index (Phi) is 6.88. The Morgan fingerprint density at radius 1 is 0.711 bits per heavy atom. The number of amidine groups is 1. The first-order valence-electron chi connectivity index (χ1n) is 15.5. The van der Waals surface area contributed by atoms with Crippen LogP contribution in [0.4, 0.5) is 0 Å². The smallest absolute Gasteiger partial charge is 0.133 e. The summed E-state index contributed by atoms with van der Waals surface area (Å²) in [5.41, 5.74) is 12.1. The summed E-state index contributed by atoms with van der Waals surface area (Å²) in [6, 6.07) is 38.4. The van der Waals surface area contributed by atoms with Gasteiger partial charge in [0.2, 0.25) is 0 Å². The predicted octanol–water partition coefficient (Wildman–Crippen LogP) is 9.68. The van der Waals surface area contributed by atoms with Crippen molar-refractivity contribution in [3.63, 3.8) is 0 Å². The summed E-state index contributed by atoms with van der Waals surface area (Å²) >= 11 is 0. The molecule has 1 unspecified atom stereocenters. The molecule has 8 rings (SSSR count). The summed E-state index contributed by atoms with van der Waals surface area (Å²) in [6.45, 7) is 2.06. The summed E-state index contributed by atoms with van der Waals surface area (Å²) in [6.07, 6.45) is 13.0. The minimum Gasteiger partial charge on any atom is -0.340 e. The lowest BCUT2D eigenvalue weighted by atomic mass is 9.94. The second-order valence-electron chi connectivity index (χ2n) is 11.7. The van der Waals surface area contributed by atoms with Gasteiger partial charge in [-0.05, 0) is 77.4 Å². The molecule has 0 fully saturated rings. The summed E-state index contributed by atoms with van der Waals surface area (Å²) in [5.74, 6) is 0.880. The first-order valence-corrected chi connectivity index (χ1v) is 15.5. The van der Waals surface area contributed by atoms with Crippen LogP contribution in [0.3, 0.4) is 0 Å². The van der Waals surface area contributed by atoms with Crippen LogP contribution in [-0.2, 0) is 0 Å². The maximum atomic E-state index is 5.28. The Labute approximate surface area is 263 Å². The number of aliphatic imine (C=N–C) groups is 1. The van der Waals surface area contributed by atoms with Crippen molar-refractivity contribution < 1.29 is 0 Å². The predicted molar refractivity (Wildman–Crippen MR) is 186 cm³/mol. The SMILES string of the molecule is Cc1cc(-c2cccc(C3C=C(C4=CCCC=C4)NC(c4ccc(-c5ccccc5)cc4)=N3)c2)c2ccc3cccnc3c2n1. The highest BCUT2D eigenvalue weighted by atomic mass is 15.0. The molecule has 6 aromatic rings. The lowest BCUT2D eigenvalue weighted by Gasteiger charge is -2.25. The molecule has 0 bridgehead atoms. The van der Waals surface area contributed by atoms with E-state index in [2.05, 4.69) is 139 Å². The van der Waals surface area contributed by atoms with Gasteiger partial charge in [-0.15, -0.1) is 0 Å². The van der Waals surface area contributed by atoms with Gasteiger partial charge in [-0.1, -0.05) is 109 Å². The van der Waals surface area contributed by atoms with Crippen molar-refractivity contribution in [1.29, 1.82) is 0 Å². The molecule has 4 aromatic carbocycles. The first-order chi connectivity index (χ1) is 22.2. The van der Waals surface area contributed by atoms with Crippen molar-refractivity contribution in [2.24, 2.45) is 4.99 Å². The minimum atomic E-state index is -0.141. The van der Waals surface area contributed by atoms with Gasteiger partial charge in [0, 0.05) is 33.9 Å². The lowest BCUT2D eigenvalue weighted by Crippen LogP contribution is -2.29. The fourth-order valence-electron chi connectivity index (χ4n) is 6.37. The van der Waals surface area contributed by atoms with E-state index in [9.17, 15) is 0 Å². The molecule has 4 nitrogen and oxygen atoms in total. The summed E-state index contributed by atoms with van der Waals surface area (Å²) in [4.78, 5) is 14.9. The molecule has 4 heteroatoms. The molecule has 2 aromatic heterocycles. The Balaban J connectivity index is 1.21. The van der Waals surface area contributed by atoms with Crippen molar-refractivity contribution in [1.82, 2.24) is 15.3 Å². The number of pyridine rings is 2. The maximum Gasteiger partial charge on any atom is 0.133 e. The molecule has 1 aliphatic heterocycles. The van der Waals surface area contributed by atoms with Crippen molar-refractivity contribution >= 4 is 27.6 Å². The number of aromatic nitrogens is 2. The van der Waals surface area contributed by atoms with Crippen molar-refractivity contribution in [3.05, 3.63) is 168 Å². The van der Waals surface area contributed by atoms with Gasteiger partial charge < -0.3 is 5.32 Å². The van der Waals surface area contributed by atoms with Crippen LogP contribution < -0.4 is 5.32 Å². The number of nitrogens with zero attached hydrogens (tertiary/aromatic N) is 3. The van der Waals surface area contributed by atoms with Crippen molar-refractivity contribution in [3.8, 4) is 22.3 Å². The Morgan fingerprint density at radius 3 is 2.38 bits per heavy atom. The molecule has 0 amide bonds. The molecule has 216 valence electrons. The number of fused-ring (bicyclic) bond motifs is 3. The van der Waals surface area contributed by atoms with Crippen LogP contribution in [0.25, 0.3) is 44.1 Å². The molecule has 3 heterocycles. The van der Waals surface area contributed by atoms with Crippen LogP contribution in [0.15, 0.2) is 156 Å². The number of benzene rings is 4.